The molecular formula is C27H28N2O4S. The molecule has 0 saturated heterocycles. The van der Waals surface area contributed by atoms with Gasteiger partial charge in [-0.1, -0.05) is 49.7 Å². The maximum Gasteiger partial charge on any atom is 0.335 e. The van der Waals surface area contributed by atoms with Crippen molar-refractivity contribution >= 4 is 40.9 Å². The number of nitrogens with one attached hydrogen (secondary N) is 2. The molecule has 3 rings (SSSR count). The van der Waals surface area contributed by atoms with E-state index in [-0.39, 0.29) is 17.4 Å². The Morgan fingerprint density at radius 2 is 1.65 bits per heavy atom. The van der Waals surface area contributed by atoms with E-state index in [1.54, 1.807) is 6.07 Å². The molecule has 2 amide bonds. The molecule has 34 heavy (non-hydrogen) atoms. The summed E-state index contributed by atoms with van der Waals surface area (Å²) in [6.07, 6.45) is 2.31. The zero-order valence-electron chi connectivity index (χ0n) is 19.2. The third-order valence-corrected chi connectivity index (χ3v) is 6.50. The largest absolute Gasteiger partial charge is 0.478 e. The number of benzene rings is 3. The molecule has 0 fully saturated rings. The molecule has 0 bridgehead atoms. The number of carbonyl (C=O) groups excluding carboxylic acids is 2. The van der Waals surface area contributed by atoms with Crippen LogP contribution in [0.25, 0.3) is 0 Å². The van der Waals surface area contributed by atoms with Gasteiger partial charge in [-0.3, -0.25) is 9.59 Å². The average molecular weight is 477 g/mol. The second-order valence-corrected chi connectivity index (χ2v) is 9.09. The predicted octanol–water partition coefficient (Wildman–Crippen LogP) is 6.29. The van der Waals surface area contributed by atoms with Crippen LogP contribution in [0.1, 0.15) is 52.9 Å². The average Bonchev–Trinajstić information content (AvgIpc) is 2.84. The van der Waals surface area contributed by atoms with Crippen molar-refractivity contribution in [2.45, 2.75) is 43.3 Å². The molecule has 0 aromatic heterocycles. The van der Waals surface area contributed by atoms with Gasteiger partial charge in [-0.05, 0) is 60.9 Å². The molecule has 3 N–H and O–H groups in total. The van der Waals surface area contributed by atoms with E-state index in [9.17, 15) is 19.5 Å². The third-order valence-electron chi connectivity index (χ3n) is 5.23. The number of hydrogen-bond donors (Lipinski definition) is 3. The van der Waals surface area contributed by atoms with Crippen molar-refractivity contribution < 1.29 is 19.5 Å². The van der Waals surface area contributed by atoms with Gasteiger partial charge in [-0.15, -0.1) is 11.8 Å². The smallest absolute Gasteiger partial charge is 0.335 e. The number of anilines is 2. The Hall–Kier alpha value is -3.58. The third kappa shape index (κ3) is 6.96. The summed E-state index contributed by atoms with van der Waals surface area (Å²) in [5.74, 6) is -1.31. The van der Waals surface area contributed by atoms with Crippen molar-refractivity contribution in [3.63, 3.8) is 0 Å². The van der Waals surface area contributed by atoms with Crippen LogP contribution in [0.4, 0.5) is 11.4 Å². The van der Waals surface area contributed by atoms with E-state index < -0.39 is 11.2 Å². The molecule has 1 unspecified atom stereocenters. The molecule has 0 aliphatic heterocycles. The summed E-state index contributed by atoms with van der Waals surface area (Å²) < 4.78 is 0. The lowest BCUT2D eigenvalue weighted by Crippen LogP contribution is -2.20. The van der Waals surface area contributed by atoms with Crippen LogP contribution in [0.5, 0.6) is 0 Å². The number of hydrogen-bond acceptors (Lipinski definition) is 4. The van der Waals surface area contributed by atoms with E-state index in [4.69, 9.17) is 0 Å². The maximum absolute atomic E-state index is 13.3. The topological polar surface area (TPSA) is 95.5 Å². The first kappa shape index (κ1) is 25.1. The van der Waals surface area contributed by atoms with Crippen LogP contribution in [0.15, 0.2) is 77.7 Å². The normalized spacial score (nSPS) is 11.5. The van der Waals surface area contributed by atoms with Crippen molar-refractivity contribution in [2.24, 2.45) is 0 Å². The van der Waals surface area contributed by atoms with Gasteiger partial charge >= 0.3 is 5.97 Å². The van der Waals surface area contributed by atoms with Crippen LogP contribution in [0.3, 0.4) is 0 Å². The minimum absolute atomic E-state index is 0.0113. The molecule has 0 spiro atoms. The fourth-order valence-corrected chi connectivity index (χ4v) is 4.33. The SMILES string of the molecule is CCCCC(=O)Nc1ccc(SC(C(=O)Nc2cc(C(=O)O)ccc2C)c2ccccc2)cc1. The number of thioether (sulfide) groups is 1. The lowest BCUT2D eigenvalue weighted by atomic mass is 10.1. The summed E-state index contributed by atoms with van der Waals surface area (Å²) in [7, 11) is 0. The molecule has 0 radical (unpaired) electrons. The number of aromatic carboxylic acids is 1. The van der Waals surface area contributed by atoms with E-state index in [0.29, 0.717) is 17.8 Å². The summed E-state index contributed by atoms with van der Waals surface area (Å²) in [4.78, 5) is 37.5. The fraction of sp³-hybridized carbons (Fsp3) is 0.222. The molecule has 3 aromatic carbocycles. The van der Waals surface area contributed by atoms with E-state index >= 15 is 0 Å². The molecule has 0 aliphatic rings. The number of aryl methyl sites for hydroxylation is 1. The van der Waals surface area contributed by atoms with Crippen LogP contribution in [0, 0.1) is 6.92 Å². The second-order valence-electron chi connectivity index (χ2n) is 7.91. The van der Waals surface area contributed by atoms with Gasteiger partial charge in [0.15, 0.2) is 0 Å². The van der Waals surface area contributed by atoms with E-state index in [1.165, 1.54) is 23.9 Å². The molecule has 0 saturated carbocycles. The number of carboxylic acids is 1. The van der Waals surface area contributed by atoms with Gasteiger partial charge in [0.1, 0.15) is 5.25 Å². The lowest BCUT2D eigenvalue weighted by Gasteiger charge is -2.18. The molecule has 7 heteroatoms. The summed E-state index contributed by atoms with van der Waals surface area (Å²) in [6.45, 7) is 3.86. The first-order valence-corrected chi connectivity index (χ1v) is 12.0. The van der Waals surface area contributed by atoms with E-state index in [2.05, 4.69) is 10.6 Å². The highest BCUT2D eigenvalue weighted by molar-refractivity contribution is 8.00. The Kier molecular flexibility index (Phi) is 8.87. The van der Waals surface area contributed by atoms with Gasteiger partial charge in [-0.25, -0.2) is 4.79 Å². The van der Waals surface area contributed by atoms with Crippen molar-refractivity contribution in [3.05, 3.63) is 89.5 Å². The van der Waals surface area contributed by atoms with E-state index in [1.807, 2.05) is 68.4 Å². The van der Waals surface area contributed by atoms with Gasteiger partial charge in [0.05, 0.1) is 5.56 Å². The highest BCUT2D eigenvalue weighted by atomic mass is 32.2. The Morgan fingerprint density at radius 1 is 0.941 bits per heavy atom. The molecule has 6 nitrogen and oxygen atoms in total. The van der Waals surface area contributed by atoms with E-state index in [0.717, 1.165) is 28.9 Å². The highest BCUT2D eigenvalue weighted by Crippen LogP contribution is 2.37. The molecule has 176 valence electrons. The lowest BCUT2D eigenvalue weighted by molar-refractivity contribution is -0.116. The highest BCUT2D eigenvalue weighted by Gasteiger charge is 2.23. The Balaban J connectivity index is 1.78. The number of amides is 2. The maximum atomic E-state index is 13.3. The van der Waals surface area contributed by atoms with Gasteiger partial charge in [0.25, 0.3) is 0 Å². The summed E-state index contributed by atoms with van der Waals surface area (Å²) in [5, 5.41) is 14.5. The Morgan fingerprint density at radius 3 is 2.29 bits per heavy atom. The quantitative estimate of drug-likeness (QED) is 0.299. The number of carboxylic acid groups (broad SMARTS) is 1. The van der Waals surface area contributed by atoms with Crippen LogP contribution in [0.2, 0.25) is 0 Å². The van der Waals surface area contributed by atoms with Crippen LogP contribution >= 0.6 is 11.8 Å². The van der Waals surface area contributed by atoms with Crippen molar-refractivity contribution in [1.82, 2.24) is 0 Å². The van der Waals surface area contributed by atoms with Crippen molar-refractivity contribution in [2.75, 3.05) is 10.6 Å². The summed E-state index contributed by atoms with van der Waals surface area (Å²) in [5.41, 5.74) is 2.90. The van der Waals surface area contributed by atoms with Crippen LogP contribution in [-0.4, -0.2) is 22.9 Å². The number of unbranched alkanes of at least 4 members (excludes halogenated alkanes) is 1. The van der Waals surface area contributed by atoms with Gasteiger partial charge in [0.2, 0.25) is 11.8 Å². The first-order valence-electron chi connectivity index (χ1n) is 11.1. The molecule has 1 atom stereocenters. The zero-order valence-corrected chi connectivity index (χ0v) is 20.0. The van der Waals surface area contributed by atoms with Gasteiger partial charge < -0.3 is 15.7 Å². The molecule has 0 heterocycles. The molecule has 3 aromatic rings. The fourth-order valence-electron chi connectivity index (χ4n) is 3.30. The monoisotopic (exact) mass is 476 g/mol. The minimum Gasteiger partial charge on any atom is -0.478 e. The van der Waals surface area contributed by atoms with Gasteiger partial charge in [-0.2, -0.15) is 0 Å². The predicted molar refractivity (Wildman–Crippen MR) is 136 cm³/mol. The van der Waals surface area contributed by atoms with Crippen molar-refractivity contribution in [1.29, 1.82) is 0 Å². The zero-order chi connectivity index (χ0) is 24.5. The van der Waals surface area contributed by atoms with Crippen molar-refractivity contribution in [3.8, 4) is 0 Å². The molecular weight excluding hydrogens is 448 g/mol. The second kappa shape index (κ2) is 12.0. The summed E-state index contributed by atoms with van der Waals surface area (Å²) >= 11 is 1.39. The van der Waals surface area contributed by atoms with Crippen LogP contribution in [-0.2, 0) is 9.59 Å². The Bertz CT molecular complexity index is 1150. The van der Waals surface area contributed by atoms with Gasteiger partial charge in [0, 0.05) is 22.7 Å². The van der Waals surface area contributed by atoms with Crippen LogP contribution < -0.4 is 10.6 Å². The molecule has 0 aliphatic carbocycles. The minimum atomic E-state index is -1.05. The first-order chi connectivity index (χ1) is 16.4. The number of carbonyl (C=O) groups is 3. The Labute approximate surface area is 203 Å². The summed E-state index contributed by atoms with van der Waals surface area (Å²) in [6, 6.07) is 21.5. The standard InChI is InChI=1S/C27H28N2O4S/c1-3-4-10-24(30)28-21-13-15-22(16-14-21)34-25(19-8-6-5-7-9-19)26(31)29-23-17-20(27(32)33)12-11-18(23)2/h5-9,11-17,25H,3-4,10H2,1-2H3,(H,28,30)(H,29,31)(H,32,33). The number of rotatable bonds is 10.